The smallest absolute Gasteiger partial charge is 0.131 e. The number of anilines is 1. The normalized spacial score (nSPS) is 15.7. The molecule has 1 fully saturated rings. The van der Waals surface area contributed by atoms with Gasteiger partial charge in [-0.05, 0) is 44.0 Å². The maximum absolute atomic E-state index is 4.60. The summed E-state index contributed by atoms with van der Waals surface area (Å²) in [4.78, 5) is 13.6. The number of pyridine rings is 1. The minimum absolute atomic E-state index is 0.722. The molecule has 0 aliphatic carbocycles. The summed E-state index contributed by atoms with van der Waals surface area (Å²) in [5, 5.41) is 6.89. The first kappa shape index (κ1) is 14.9. The molecule has 0 aromatic carbocycles. The Morgan fingerprint density at radius 3 is 2.77 bits per heavy atom. The van der Waals surface area contributed by atoms with Crippen molar-refractivity contribution in [3.8, 4) is 11.4 Å². The lowest BCUT2D eigenvalue weighted by Crippen LogP contribution is -2.31. The molecule has 22 heavy (non-hydrogen) atoms. The monoisotopic (exact) mass is 297 g/mol. The molecule has 2 aromatic rings. The molecule has 1 aliphatic rings. The first-order valence-corrected chi connectivity index (χ1v) is 8.09. The van der Waals surface area contributed by atoms with E-state index in [-0.39, 0.29) is 0 Å². The predicted octanol–water partition coefficient (Wildman–Crippen LogP) is 2.51. The SMILES string of the molecule is CCc1nc(NCC2CCNCC2)cc(-c2ccccn2)n1. The Morgan fingerprint density at radius 2 is 2.05 bits per heavy atom. The zero-order chi connectivity index (χ0) is 15.2. The van der Waals surface area contributed by atoms with Crippen LogP contribution in [0.5, 0.6) is 0 Å². The van der Waals surface area contributed by atoms with Crippen LogP contribution in [0.15, 0.2) is 30.5 Å². The molecule has 0 atom stereocenters. The van der Waals surface area contributed by atoms with Crippen molar-refractivity contribution in [1.82, 2.24) is 20.3 Å². The van der Waals surface area contributed by atoms with Gasteiger partial charge in [0, 0.05) is 25.2 Å². The third kappa shape index (κ3) is 3.80. The van der Waals surface area contributed by atoms with Crippen LogP contribution in [0, 0.1) is 5.92 Å². The van der Waals surface area contributed by atoms with E-state index in [0.717, 1.165) is 55.0 Å². The number of aryl methyl sites for hydroxylation is 1. The Balaban J connectivity index is 1.75. The van der Waals surface area contributed by atoms with Gasteiger partial charge in [0.15, 0.2) is 0 Å². The Hall–Kier alpha value is -2.01. The van der Waals surface area contributed by atoms with Gasteiger partial charge in [-0.25, -0.2) is 9.97 Å². The summed E-state index contributed by atoms with van der Waals surface area (Å²) in [6.45, 7) is 5.29. The molecule has 5 nitrogen and oxygen atoms in total. The van der Waals surface area contributed by atoms with Crippen LogP contribution in [-0.4, -0.2) is 34.6 Å². The van der Waals surface area contributed by atoms with Crippen LogP contribution in [0.1, 0.15) is 25.6 Å². The average Bonchev–Trinajstić information content (AvgIpc) is 2.61. The molecule has 0 amide bonds. The molecule has 5 heteroatoms. The molecule has 0 saturated carbocycles. The molecule has 2 aromatic heterocycles. The number of hydrogen-bond donors (Lipinski definition) is 2. The maximum atomic E-state index is 4.60. The van der Waals surface area contributed by atoms with Gasteiger partial charge in [-0.2, -0.15) is 0 Å². The van der Waals surface area contributed by atoms with E-state index < -0.39 is 0 Å². The van der Waals surface area contributed by atoms with E-state index >= 15 is 0 Å². The Labute approximate surface area is 131 Å². The number of nitrogens with zero attached hydrogens (tertiary/aromatic N) is 3. The van der Waals surface area contributed by atoms with Gasteiger partial charge in [0.2, 0.25) is 0 Å². The molecule has 1 saturated heterocycles. The van der Waals surface area contributed by atoms with Gasteiger partial charge in [0.05, 0.1) is 11.4 Å². The highest BCUT2D eigenvalue weighted by Gasteiger charge is 2.13. The van der Waals surface area contributed by atoms with Gasteiger partial charge in [0.25, 0.3) is 0 Å². The van der Waals surface area contributed by atoms with Crippen LogP contribution in [0.2, 0.25) is 0 Å². The highest BCUT2D eigenvalue weighted by atomic mass is 15.0. The lowest BCUT2D eigenvalue weighted by Gasteiger charge is -2.23. The molecule has 2 N–H and O–H groups in total. The molecule has 116 valence electrons. The Kier molecular flexibility index (Phi) is 4.96. The predicted molar refractivity (Wildman–Crippen MR) is 88.7 cm³/mol. The zero-order valence-corrected chi connectivity index (χ0v) is 13.0. The topological polar surface area (TPSA) is 62.7 Å². The molecule has 0 spiro atoms. The van der Waals surface area contributed by atoms with Gasteiger partial charge in [-0.15, -0.1) is 0 Å². The van der Waals surface area contributed by atoms with E-state index in [9.17, 15) is 0 Å². The maximum Gasteiger partial charge on any atom is 0.131 e. The first-order chi connectivity index (χ1) is 10.8. The van der Waals surface area contributed by atoms with Crippen LogP contribution >= 0.6 is 0 Å². The van der Waals surface area contributed by atoms with Gasteiger partial charge in [-0.3, -0.25) is 4.98 Å². The van der Waals surface area contributed by atoms with E-state index in [1.165, 1.54) is 12.8 Å². The van der Waals surface area contributed by atoms with E-state index in [1.807, 2.05) is 24.3 Å². The summed E-state index contributed by atoms with van der Waals surface area (Å²) in [5.74, 6) is 2.49. The number of aromatic nitrogens is 3. The van der Waals surface area contributed by atoms with Crippen molar-refractivity contribution >= 4 is 5.82 Å². The number of hydrogen-bond acceptors (Lipinski definition) is 5. The number of rotatable bonds is 5. The van der Waals surface area contributed by atoms with E-state index in [0.29, 0.717) is 0 Å². The van der Waals surface area contributed by atoms with Crippen molar-refractivity contribution in [2.45, 2.75) is 26.2 Å². The van der Waals surface area contributed by atoms with Gasteiger partial charge < -0.3 is 10.6 Å². The fourth-order valence-corrected chi connectivity index (χ4v) is 2.73. The third-order valence-corrected chi connectivity index (χ3v) is 4.05. The Morgan fingerprint density at radius 1 is 1.18 bits per heavy atom. The Bertz CT molecular complexity index is 593. The fraction of sp³-hybridized carbons (Fsp3) is 0.471. The first-order valence-electron chi connectivity index (χ1n) is 8.09. The molecule has 3 heterocycles. The number of piperidine rings is 1. The van der Waals surface area contributed by atoms with Gasteiger partial charge in [0.1, 0.15) is 11.6 Å². The van der Waals surface area contributed by atoms with Crippen molar-refractivity contribution < 1.29 is 0 Å². The van der Waals surface area contributed by atoms with Crippen molar-refractivity contribution in [3.05, 3.63) is 36.3 Å². The van der Waals surface area contributed by atoms with Crippen LogP contribution in [0.4, 0.5) is 5.82 Å². The van der Waals surface area contributed by atoms with Crippen LogP contribution in [0.3, 0.4) is 0 Å². The van der Waals surface area contributed by atoms with Crippen molar-refractivity contribution in [1.29, 1.82) is 0 Å². The van der Waals surface area contributed by atoms with Crippen LogP contribution in [-0.2, 0) is 6.42 Å². The summed E-state index contributed by atoms with van der Waals surface area (Å²) in [6, 6.07) is 7.89. The standard InChI is InChI=1S/C17H23N5/c1-2-16-21-15(14-5-3-4-8-19-14)11-17(22-16)20-12-13-6-9-18-10-7-13/h3-5,8,11,13,18H,2,6-7,9-10,12H2,1H3,(H,20,21,22). The fourth-order valence-electron chi connectivity index (χ4n) is 2.73. The average molecular weight is 297 g/mol. The second-order valence-electron chi connectivity index (χ2n) is 5.70. The third-order valence-electron chi connectivity index (χ3n) is 4.05. The molecule has 0 unspecified atom stereocenters. The molecule has 3 rings (SSSR count). The van der Waals surface area contributed by atoms with Crippen molar-refractivity contribution in [3.63, 3.8) is 0 Å². The molecule has 1 aliphatic heterocycles. The second-order valence-corrected chi connectivity index (χ2v) is 5.70. The van der Waals surface area contributed by atoms with E-state index in [1.54, 1.807) is 6.20 Å². The molecular formula is C17H23N5. The number of nitrogens with one attached hydrogen (secondary N) is 2. The van der Waals surface area contributed by atoms with E-state index in [2.05, 4.69) is 32.5 Å². The van der Waals surface area contributed by atoms with E-state index in [4.69, 9.17) is 0 Å². The quantitative estimate of drug-likeness (QED) is 0.888. The summed E-state index contributed by atoms with van der Waals surface area (Å²) < 4.78 is 0. The molecule has 0 radical (unpaired) electrons. The minimum Gasteiger partial charge on any atom is -0.370 e. The highest BCUT2D eigenvalue weighted by Crippen LogP contribution is 2.19. The van der Waals surface area contributed by atoms with Crippen molar-refractivity contribution in [2.24, 2.45) is 5.92 Å². The lowest BCUT2D eigenvalue weighted by atomic mass is 9.98. The summed E-state index contributed by atoms with van der Waals surface area (Å²) in [5.41, 5.74) is 1.78. The van der Waals surface area contributed by atoms with Gasteiger partial charge in [-0.1, -0.05) is 13.0 Å². The highest BCUT2D eigenvalue weighted by molar-refractivity contribution is 5.58. The molecule has 0 bridgehead atoms. The van der Waals surface area contributed by atoms with Crippen LogP contribution < -0.4 is 10.6 Å². The van der Waals surface area contributed by atoms with Gasteiger partial charge >= 0.3 is 0 Å². The summed E-state index contributed by atoms with van der Waals surface area (Å²) in [6.07, 6.45) is 5.07. The zero-order valence-electron chi connectivity index (χ0n) is 13.0. The largest absolute Gasteiger partial charge is 0.370 e. The lowest BCUT2D eigenvalue weighted by molar-refractivity contribution is 0.389. The second kappa shape index (κ2) is 7.31. The minimum atomic E-state index is 0.722. The molecular weight excluding hydrogens is 274 g/mol. The summed E-state index contributed by atoms with van der Waals surface area (Å²) >= 11 is 0. The van der Waals surface area contributed by atoms with Crippen molar-refractivity contribution in [2.75, 3.05) is 25.0 Å². The van der Waals surface area contributed by atoms with Crippen LogP contribution in [0.25, 0.3) is 11.4 Å². The summed E-state index contributed by atoms with van der Waals surface area (Å²) in [7, 11) is 0.